The second-order valence-electron chi connectivity index (χ2n) is 4.03. The van der Waals surface area contributed by atoms with Gasteiger partial charge in [-0.3, -0.25) is 0 Å². The van der Waals surface area contributed by atoms with Crippen molar-refractivity contribution in [1.82, 2.24) is 0 Å². The third-order valence-electron chi connectivity index (χ3n) is 2.60. The standard InChI is InChI=1S/C12H24Br2/c1-3-5-6-8-12(14)10-7-9-11(13)4-2/h11-12H,3-10H2,1-2H3. The van der Waals surface area contributed by atoms with E-state index < -0.39 is 0 Å². The molecule has 0 N–H and O–H groups in total. The Kier molecular flexibility index (Phi) is 11.2. The van der Waals surface area contributed by atoms with Crippen LogP contribution in [0.4, 0.5) is 0 Å². The Balaban J connectivity index is 3.21. The molecule has 2 atom stereocenters. The van der Waals surface area contributed by atoms with Gasteiger partial charge in [-0.2, -0.15) is 0 Å². The van der Waals surface area contributed by atoms with Crippen molar-refractivity contribution in [2.24, 2.45) is 0 Å². The fourth-order valence-corrected chi connectivity index (χ4v) is 2.50. The smallest absolute Gasteiger partial charge is 0.0145 e. The maximum atomic E-state index is 3.76. The van der Waals surface area contributed by atoms with Crippen LogP contribution in [-0.4, -0.2) is 9.65 Å². The molecule has 0 nitrogen and oxygen atoms in total. The van der Waals surface area contributed by atoms with E-state index in [4.69, 9.17) is 0 Å². The van der Waals surface area contributed by atoms with Gasteiger partial charge in [0.1, 0.15) is 0 Å². The number of hydrogen-bond donors (Lipinski definition) is 0. The van der Waals surface area contributed by atoms with Gasteiger partial charge < -0.3 is 0 Å². The normalized spacial score (nSPS) is 15.4. The lowest BCUT2D eigenvalue weighted by Gasteiger charge is -2.10. The Morgan fingerprint density at radius 3 is 1.93 bits per heavy atom. The second kappa shape index (κ2) is 10.5. The molecule has 2 unspecified atom stereocenters. The summed E-state index contributed by atoms with van der Waals surface area (Å²) in [4.78, 5) is 1.49. The van der Waals surface area contributed by atoms with Crippen molar-refractivity contribution >= 4 is 31.9 Å². The molecule has 0 aromatic heterocycles. The lowest BCUT2D eigenvalue weighted by molar-refractivity contribution is 0.585. The summed E-state index contributed by atoms with van der Waals surface area (Å²) in [5.74, 6) is 0. The summed E-state index contributed by atoms with van der Waals surface area (Å²) in [6.45, 7) is 4.51. The van der Waals surface area contributed by atoms with E-state index in [-0.39, 0.29) is 0 Å². The van der Waals surface area contributed by atoms with Crippen molar-refractivity contribution in [2.75, 3.05) is 0 Å². The van der Waals surface area contributed by atoms with Crippen LogP contribution in [0.2, 0.25) is 0 Å². The number of alkyl halides is 2. The lowest BCUT2D eigenvalue weighted by atomic mass is 10.1. The van der Waals surface area contributed by atoms with E-state index in [0.717, 1.165) is 9.65 Å². The van der Waals surface area contributed by atoms with E-state index in [1.54, 1.807) is 0 Å². The highest BCUT2D eigenvalue weighted by atomic mass is 79.9. The Morgan fingerprint density at radius 1 is 0.786 bits per heavy atom. The molecule has 0 fully saturated rings. The van der Waals surface area contributed by atoms with Crippen molar-refractivity contribution in [1.29, 1.82) is 0 Å². The molecule has 0 spiro atoms. The van der Waals surface area contributed by atoms with Crippen molar-refractivity contribution in [2.45, 2.75) is 74.9 Å². The number of hydrogen-bond acceptors (Lipinski definition) is 0. The van der Waals surface area contributed by atoms with Gasteiger partial charge in [0.05, 0.1) is 0 Å². The third kappa shape index (κ3) is 9.51. The number of rotatable bonds is 9. The Hall–Kier alpha value is 0.960. The van der Waals surface area contributed by atoms with Gasteiger partial charge >= 0.3 is 0 Å². The van der Waals surface area contributed by atoms with E-state index >= 15 is 0 Å². The molecule has 0 saturated carbocycles. The third-order valence-corrected chi connectivity index (χ3v) is 4.62. The van der Waals surface area contributed by atoms with Crippen molar-refractivity contribution < 1.29 is 0 Å². The molecular weight excluding hydrogens is 304 g/mol. The van der Waals surface area contributed by atoms with Gasteiger partial charge in [-0.05, 0) is 25.7 Å². The van der Waals surface area contributed by atoms with Crippen LogP contribution < -0.4 is 0 Å². The molecule has 0 heterocycles. The average molecular weight is 328 g/mol. The first-order valence-corrected chi connectivity index (χ1v) is 7.81. The van der Waals surface area contributed by atoms with Gasteiger partial charge in [-0.25, -0.2) is 0 Å². The predicted octanol–water partition coefficient (Wildman–Crippen LogP) is 5.67. The van der Waals surface area contributed by atoms with Gasteiger partial charge in [-0.1, -0.05) is 71.4 Å². The molecule has 0 aliphatic carbocycles. The summed E-state index contributed by atoms with van der Waals surface area (Å²) < 4.78 is 0. The zero-order chi connectivity index (χ0) is 10.8. The molecule has 0 saturated heterocycles. The number of halogens is 2. The van der Waals surface area contributed by atoms with Crippen LogP contribution >= 0.6 is 31.9 Å². The predicted molar refractivity (Wildman–Crippen MR) is 73.7 cm³/mol. The molecule has 0 aliphatic rings. The Labute approximate surface area is 106 Å². The van der Waals surface area contributed by atoms with Crippen molar-refractivity contribution in [3.8, 4) is 0 Å². The zero-order valence-electron chi connectivity index (χ0n) is 9.57. The van der Waals surface area contributed by atoms with Gasteiger partial charge in [0.25, 0.3) is 0 Å². The molecular formula is C12H24Br2. The second-order valence-corrected chi connectivity index (χ2v) is 6.62. The molecule has 0 aromatic carbocycles. The van der Waals surface area contributed by atoms with Gasteiger partial charge in [0.15, 0.2) is 0 Å². The van der Waals surface area contributed by atoms with Crippen LogP contribution in [-0.2, 0) is 0 Å². The molecule has 2 heteroatoms. The minimum absolute atomic E-state index is 0.734. The maximum absolute atomic E-state index is 3.76. The van der Waals surface area contributed by atoms with E-state index in [2.05, 4.69) is 45.7 Å². The van der Waals surface area contributed by atoms with Gasteiger partial charge in [-0.15, -0.1) is 0 Å². The highest BCUT2D eigenvalue weighted by Crippen LogP contribution is 2.20. The van der Waals surface area contributed by atoms with Crippen LogP contribution in [0.25, 0.3) is 0 Å². The first-order chi connectivity index (χ1) is 6.70. The number of unbranched alkanes of at least 4 members (excludes halogenated alkanes) is 2. The van der Waals surface area contributed by atoms with Crippen LogP contribution in [0.5, 0.6) is 0 Å². The lowest BCUT2D eigenvalue weighted by Crippen LogP contribution is -2.01. The Morgan fingerprint density at radius 2 is 1.36 bits per heavy atom. The van der Waals surface area contributed by atoms with E-state index in [0.29, 0.717) is 0 Å². The van der Waals surface area contributed by atoms with E-state index in [1.165, 1.54) is 51.4 Å². The highest BCUT2D eigenvalue weighted by Gasteiger charge is 2.05. The van der Waals surface area contributed by atoms with E-state index in [9.17, 15) is 0 Å². The monoisotopic (exact) mass is 326 g/mol. The van der Waals surface area contributed by atoms with Crippen LogP contribution in [0.15, 0.2) is 0 Å². The zero-order valence-corrected chi connectivity index (χ0v) is 12.7. The molecule has 0 rings (SSSR count). The summed E-state index contributed by atoms with van der Waals surface area (Å²) in [6.07, 6.45) is 10.7. The van der Waals surface area contributed by atoms with Gasteiger partial charge in [0, 0.05) is 9.65 Å². The fraction of sp³-hybridized carbons (Fsp3) is 1.00. The quantitative estimate of drug-likeness (QED) is 0.378. The summed E-state index contributed by atoms with van der Waals surface area (Å²) >= 11 is 7.44. The minimum atomic E-state index is 0.734. The van der Waals surface area contributed by atoms with Crippen LogP contribution in [0.3, 0.4) is 0 Å². The molecule has 0 amide bonds. The van der Waals surface area contributed by atoms with E-state index in [1.807, 2.05) is 0 Å². The minimum Gasteiger partial charge on any atom is -0.0891 e. The summed E-state index contributed by atoms with van der Waals surface area (Å²) in [6, 6.07) is 0. The van der Waals surface area contributed by atoms with Crippen molar-refractivity contribution in [3.63, 3.8) is 0 Å². The molecule has 0 aromatic rings. The fourth-order valence-electron chi connectivity index (χ4n) is 1.53. The summed E-state index contributed by atoms with van der Waals surface area (Å²) in [5.41, 5.74) is 0. The Bertz CT molecular complexity index is 115. The SMILES string of the molecule is CCCCCC(Br)CCCC(Br)CC. The van der Waals surface area contributed by atoms with Crippen molar-refractivity contribution in [3.05, 3.63) is 0 Å². The first kappa shape index (κ1) is 15.0. The molecule has 14 heavy (non-hydrogen) atoms. The molecule has 0 aliphatic heterocycles. The largest absolute Gasteiger partial charge is 0.0891 e. The summed E-state index contributed by atoms with van der Waals surface area (Å²) in [7, 11) is 0. The average Bonchev–Trinajstić information content (AvgIpc) is 2.18. The van der Waals surface area contributed by atoms with Crippen LogP contribution in [0.1, 0.15) is 65.2 Å². The van der Waals surface area contributed by atoms with Crippen LogP contribution in [0, 0.1) is 0 Å². The highest BCUT2D eigenvalue weighted by molar-refractivity contribution is 9.09. The van der Waals surface area contributed by atoms with Gasteiger partial charge in [0.2, 0.25) is 0 Å². The topological polar surface area (TPSA) is 0 Å². The first-order valence-electron chi connectivity index (χ1n) is 5.98. The maximum Gasteiger partial charge on any atom is 0.0145 e. The summed E-state index contributed by atoms with van der Waals surface area (Å²) in [5, 5.41) is 0. The molecule has 0 radical (unpaired) electrons. The molecule has 0 bridgehead atoms. The molecule has 86 valence electrons.